The van der Waals surface area contributed by atoms with Crippen molar-refractivity contribution in [1.29, 1.82) is 0 Å². The molecule has 0 amide bonds. The smallest absolute Gasteiger partial charge is 0.229 e. The van der Waals surface area contributed by atoms with Crippen molar-refractivity contribution in [2.45, 2.75) is 69.9 Å². The van der Waals surface area contributed by atoms with Crippen LogP contribution in [0.25, 0.3) is 0 Å². The maximum Gasteiger partial charge on any atom is 0.229 e. The minimum Gasteiger partial charge on any atom is -0.307 e. The predicted molar refractivity (Wildman–Crippen MR) is 56.2 cm³/mol. The molecule has 84 valence electrons. The number of rotatable bonds is 1. The Kier molecular flexibility index (Phi) is 1.46. The summed E-state index contributed by atoms with van der Waals surface area (Å²) in [6.45, 7) is 2.48. The summed E-state index contributed by atoms with van der Waals surface area (Å²) in [4.78, 5) is 0. The number of ether oxygens (including phenoxy) is 2. The average Bonchev–Trinajstić information content (AvgIpc) is 3.04. The highest BCUT2D eigenvalue weighted by molar-refractivity contribution is 5.23. The normalized spacial score (nSPS) is 58.2. The molecule has 2 heterocycles. The van der Waals surface area contributed by atoms with Crippen molar-refractivity contribution >= 4 is 0 Å². The first-order valence-corrected chi connectivity index (χ1v) is 6.59. The number of hydrogen-bond donors (Lipinski definition) is 0. The van der Waals surface area contributed by atoms with E-state index in [1.807, 2.05) is 0 Å². The SMILES string of the molecule is CC1(C2CCCCC2)CCC23OC2(C1)O3. The van der Waals surface area contributed by atoms with E-state index in [1.54, 1.807) is 0 Å². The largest absolute Gasteiger partial charge is 0.307 e. The Morgan fingerprint density at radius 3 is 2.33 bits per heavy atom. The van der Waals surface area contributed by atoms with Gasteiger partial charge in [-0.3, -0.25) is 0 Å². The highest BCUT2D eigenvalue weighted by Gasteiger charge is 2.92. The zero-order chi connectivity index (χ0) is 10.1. The van der Waals surface area contributed by atoms with E-state index >= 15 is 0 Å². The van der Waals surface area contributed by atoms with Gasteiger partial charge in [-0.1, -0.05) is 26.2 Å². The molecule has 2 saturated heterocycles. The summed E-state index contributed by atoms with van der Waals surface area (Å²) in [5, 5.41) is 0. The number of hydrogen-bond acceptors (Lipinski definition) is 2. The highest BCUT2D eigenvalue weighted by Crippen LogP contribution is 2.77. The van der Waals surface area contributed by atoms with Crippen LogP contribution in [-0.4, -0.2) is 11.6 Å². The van der Waals surface area contributed by atoms with Crippen LogP contribution in [0.2, 0.25) is 0 Å². The second kappa shape index (κ2) is 2.43. The van der Waals surface area contributed by atoms with Crippen molar-refractivity contribution in [2.75, 3.05) is 0 Å². The van der Waals surface area contributed by atoms with Crippen LogP contribution < -0.4 is 0 Å². The number of epoxide rings is 2. The van der Waals surface area contributed by atoms with Gasteiger partial charge >= 0.3 is 0 Å². The first-order chi connectivity index (χ1) is 7.18. The van der Waals surface area contributed by atoms with Crippen LogP contribution in [0.5, 0.6) is 0 Å². The lowest BCUT2D eigenvalue weighted by Gasteiger charge is -2.40. The Morgan fingerprint density at radius 2 is 1.67 bits per heavy atom. The molecule has 1 atom stereocenters. The summed E-state index contributed by atoms with van der Waals surface area (Å²) < 4.78 is 11.4. The highest BCUT2D eigenvalue weighted by atomic mass is 17.0. The molecule has 1 unspecified atom stereocenters. The Balaban J connectivity index is 1.54. The van der Waals surface area contributed by atoms with Gasteiger partial charge in [0.1, 0.15) is 0 Å². The quantitative estimate of drug-likeness (QED) is 0.618. The average molecular weight is 208 g/mol. The molecule has 4 aliphatic rings. The van der Waals surface area contributed by atoms with E-state index in [0.29, 0.717) is 5.41 Å². The molecule has 2 saturated carbocycles. The Hall–Kier alpha value is -0.0800. The minimum absolute atomic E-state index is 0.0544. The molecule has 0 aromatic carbocycles. The van der Waals surface area contributed by atoms with Crippen molar-refractivity contribution < 1.29 is 9.47 Å². The fraction of sp³-hybridized carbons (Fsp3) is 1.00. The second-order valence-electron chi connectivity index (χ2n) is 6.38. The first-order valence-electron chi connectivity index (χ1n) is 6.59. The van der Waals surface area contributed by atoms with Crippen LogP contribution in [0.1, 0.15) is 58.3 Å². The molecule has 0 aromatic heterocycles. The van der Waals surface area contributed by atoms with Gasteiger partial charge in [0.15, 0.2) is 0 Å². The fourth-order valence-electron chi connectivity index (χ4n) is 4.21. The molecule has 2 nitrogen and oxygen atoms in total. The van der Waals surface area contributed by atoms with Crippen LogP contribution >= 0.6 is 0 Å². The summed E-state index contributed by atoms with van der Waals surface area (Å²) in [5.74, 6) is 0.811. The van der Waals surface area contributed by atoms with E-state index in [1.165, 1.54) is 44.9 Å². The fourth-order valence-corrected chi connectivity index (χ4v) is 4.21. The zero-order valence-electron chi connectivity index (χ0n) is 9.55. The lowest BCUT2D eigenvalue weighted by molar-refractivity contribution is -0.0982. The van der Waals surface area contributed by atoms with Crippen molar-refractivity contribution in [3.05, 3.63) is 0 Å². The summed E-state index contributed by atoms with van der Waals surface area (Å²) in [6.07, 6.45) is 10.9. The molecule has 4 rings (SSSR count). The van der Waals surface area contributed by atoms with E-state index in [-0.39, 0.29) is 11.6 Å². The van der Waals surface area contributed by atoms with Crippen molar-refractivity contribution in [3.63, 3.8) is 0 Å². The lowest BCUT2D eigenvalue weighted by atomic mass is 9.63. The van der Waals surface area contributed by atoms with Gasteiger partial charge in [0, 0.05) is 12.8 Å². The zero-order valence-corrected chi connectivity index (χ0v) is 9.55. The first kappa shape index (κ1) is 9.00. The molecular weight excluding hydrogens is 188 g/mol. The van der Waals surface area contributed by atoms with Crippen molar-refractivity contribution in [3.8, 4) is 0 Å². The Labute approximate surface area is 91.3 Å². The monoisotopic (exact) mass is 208 g/mol. The minimum atomic E-state index is -0.0720. The predicted octanol–water partition coefficient (Wildman–Crippen LogP) is 3.21. The summed E-state index contributed by atoms with van der Waals surface area (Å²) in [7, 11) is 0. The van der Waals surface area contributed by atoms with E-state index < -0.39 is 0 Å². The molecule has 0 spiro atoms. The molecule has 0 bridgehead atoms. The van der Waals surface area contributed by atoms with E-state index in [4.69, 9.17) is 9.47 Å². The van der Waals surface area contributed by atoms with Gasteiger partial charge in [-0.05, 0) is 30.6 Å². The molecule has 2 heteroatoms. The molecule has 0 N–H and O–H groups in total. The Bertz CT molecular complexity index is 300. The molecule has 2 aliphatic carbocycles. The van der Waals surface area contributed by atoms with Gasteiger partial charge in [0.2, 0.25) is 11.6 Å². The van der Waals surface area contributed by atoms with Gasteiger partial charge < -0.3 is 9.47 Å². The molecule has 2 aliphatic heterocycles. The van der Waals surface area contributed by atoms with Gasteiger partial charge in [-0.15, -0.1) is 0 Å². The summed E-state index contributed by atoms with van der Waals surface area (Å²) in [5.41, 5.74) is 0.511. The van der Waals surface area contributed by atoms with E-state index in [9.17, 15) is 0 Å². The van der Waals surface area contributed by atoms with Gasteiger partial charge in [0.25, 0.3) is 0 Å². The third-order valence-electron chi connectivity index (χ3n) is 5.41. The van der Waals surface area contributed by atoms with Gasteiger partial charge in [0.05, 0.1) is 0 Å². The molecule has 0 radical (unpaired) electrons. The second-order valence-corrected chi connectivity index (χ2v) is 6.38. The van der Waals surface area contributed by atoms with Crippen LogP contribution in [0.3, 0.4) is 0 Å². The van der Waals surface area contributed by atoms with E-state index in [2.05, 4.69) is 6.92 Å². The standard InChI is InChI=1S/C13H20O2/c1-11(10-5-3-2-4-6-10)7-8-12-13(9-11,14-12)15-12/h10H,2-9H2,1H3. The molecule has 0 aromatic rings. The van der Waals surface area contributed by atoms with E-state index in [0.717, 1.165) is 12.3 Å². The van der Waals surface area contributed by atoms with Crippen molar-refractivity contribution in [2.24, 2.45) is 11.3 Å². The third kappa shape index (κ3) is 1.03. The summed E-state index contributed by atoms with van der Waals surface area (Å²) >= 11 is 0. The van der Waals surface area contributed by atoms with Gasteiger partial charge in [-0.25, -0.2) is 0 Å². The Morgan fingerprint density at radius 1 is 0.933 bits per heavy atom. The van der Waals surface area contributed by atoms with Crippen LogP contribution in [0.15, 0.2) is 0 Å². The maximum absolute atomic E-state index is 5.71. The van der Waals surface area contributed by atoms with Crippen LogP contribution in [0.4, 0.5) is 0 Å². The third-order valence-corrected chi connectivity index (χ3v) is 5.41. The van der Waals surface area contributed by atoms with Crippen LogP contribution in [-0.2, 0) is 9.47 Å². The van der Waals surface area contributed by atoms with Crippen molar-refractivity contribution in [1.82, 2.24) is 0 Å². The molecule has 15 heavy (non-hydrogen) atoms. The van der Waals surface area contributed by atoms with Crippen LogP contribution in [0, 0.1) is 11.3 Å². The topological polar surface area (TPSA) is 25.1 Å². The lowest BCUT2D eigenvalue weighted by Crippen LogP contribution is -2.34. The molecule has 4 fully saturated rings. The summed E-state index contributed by atoms with van der Waals surface area (Å²) in [6, 6.07) is 0. The van der Waals surface area contributed by atoms with Gasteiger partial charge in [-0.2, -0.15) is 0 Å². The molecular formula is C13H20O2. The maximum atomic E-state index is 5.71.